The average Bonchev–Trinajstić information content (AvgIpc) is 3.21. The van der Waals surface area contributed by atoms with Crippen molar-refractivity contribution in [2.45, 2.75) is 18.9 Å². The van der Waals surface area contributed by atoms with Crippen LogP contribution < -0.4 is 5.32 Å². The number of carbonyl (C=O) groups excluding carboxylic acids is 1. The Bertz CT molecular complexity index is 1130. The van der Waals surface area contributed by atoms with E-state index in [0.717, 1.165) is 29.8 Å². The highest BCUT2D eigenvalue weighted by Gasteiger charge is 2.26. The summed E-state index contributed by atoms with van der Waals surface area (Å²) < 4.78 is 2.09. The molecule has 4 aromatic rings. The highest BCUT2D eigenvalue weighted by molar-refractivity contribution is 6.03. The molecule has 138 valence electrons. The van der Waals surface area contributed by atoms with Crippen LogP contribution in [0.15, 0.2) is 55.2 Å². The summed E-state index contributed by atoms with van der Waals surface area (Å²) in [5, 5.41) is 17.8. The minimum Gasteiger partial charge on any atom is -0.321 e. The Balaban J connectivity index is 1.38. The van der Waals surface area contributed by atoms with Gasteiger partial charge in [0.1, 0.15) is 18.3 Å². The number of aromatic amines is 1. The van der Waals surface area contributed by atoms with Gasteiger partial charge in [0, 0.05) is 29.1 Å². The Morgan fingerprint density at radius 2 is 2.07 bits per heavy atom. The predicted molar refractivity (Wildman–Crippen MR) is 101 cm³/mol. The summed E-state index contributed by atoms with van der Waals surface area (Å²) in [6.07, 6.45) is 7.04. The van der Waals surface area contributed by atoms with Gasteiger partial charge in [0.15, 0.2) is 11.6 Å². The van der Waals surface area contributed by atoms with E-state index in [1.165, 1.54) is 6.33 Å². The van der Waals surface area contributed by atoms with Crippen molar-refractivity contribution in [3.8, 4) is 22.8 Å². The summed E-state index contributed by atoms with van der Waals surface area (Å²) in [6.45, 7) is 0. The van der Waals surface area contributed by atoms with Gasteiger partial charge in [-0.25, -0.2) is 4.98 Å². The molecule has 0 spiro atoms. The molecule has 9 heteroatoms. The highest BCUT2D eigenvalue weighted by atomic mass is 16.1. The van der Waals surface area contributed by atoms with Gasteiger partial charge in [0.25, 0.3) is 5.91 Å². The minimum absolute atomic E-state index is 0.292. The molecule has 3 aromatic heterocycles. The number of nitrogens with zero attached hydrogens (tertiary/aromatic N) is 6. The molecule has 0 atom stereocenters. The Morgan fingerprint density at radius 3 is 2.89 bits per heavy atom. The number of H-pyrrole nitrogens is 1. The molecule has 1 aromatic carbocycles. The molecule has 28 heavy (non-hydrogen) atoms. The number of hydrogen-bond donors (Lipinski definition) is 2. The summed E-state index contributed by atoms with van der Waals surface area (Å²) in [5.41, 5.74) is 2.61. The summed E-state index contributed by atoms with van der Waals surface area (Å²) in [6, 6.07) is 11.5. The maximum atomic E-state index is 12.7. The number of aromatic nitrogens is 7. The van der Waals surface area contributed by atoms with Crippen molar-refractivity contribution < 1.29 is 4.79 Å². The second-order valence-electron chi connectivity index (χ2n) is 6.59. The van der Waals surface area contributed by atoms with E-state index in [2.05, 4.69) is 40.2 Å². The molecule has 1 aliphatic carbocycles. The first-order valence-electron chi connectivity index (χ1n) is 8.91. The quantitative estimate of drug-likeness (QED) is 0.557. The highest BCUT2D eigenvalue weighted by Crippen LogP contribution is 2.37. The van der Waals surface area contributed by atoms with Gasteiger partial charge >= 0.3 is 0 Å². The largest absolute Gasteiger partial charge is 0.321 e. The van der Waals surface area contributed by atoms with E-state index in [1.54, 1.807) is 24.7 Å². The van der Waals surface area contributed by atoms with Gasteiger partial charge in [-0.2, -0.15) is 5.10 Å². The van der Waals surface area contributed by atoms with Crippen molar-refractivity contribution in [2.24, 2.45) is 0 Å². The minimum atomic E-state index is -0.304. The molecular weight excluding hydrogens is 356 g/mol. The molecule has 0 saturated heterocycles. The lowest BCUT2D eigenvalue weighted by atomic mass is 10.1. The number of rotatable bonds is 5. The van der Waals surface area contributed by atoms with Gasteiger partial charge in [-0.1, -0.05) is 12.1 Å². The first-order chi connectivity index (χ1) is 13.8. The maximum absolute atomic E-state index is 12.7. The van der Waals surface area contributed by atoms with E-state index < -0.39 is 0 Å². The lowest BCUT2D eigenvalue weighted by Gasteiger charge is -2.08. The molecule has 1 fully saturated rings. The van der Waals surface area contributed by atoms with Crippen molar-refractivity contribution in [1.29, 1.82) is 0 Å². The van der Waals surface area contributed by atoms with Crippen LogP contribution in [0, 0.1) is 0 Å². The lowest BCUT2D eigenvalue weighted by Crippen LogP contribution is -2.13. The second kappa shape index (κ2) is 6.69. The van der Waals surface area contributed by atoms with Crippen LogP contribution in [0.4, 0.5) is 5.69 Å². The number of carbonyl (C=O) groups is 1. The zero-order chi connectivity index (χ0) is 18.9. The van der Waals surface area contributed by atoms with E-state index in [4.69, 9.17) is 0 Å². The van der Waals surface area contributed by atoms with Crippen LogP contribution >= 0.6 is 0 Å². The molecule has 2 N–H and O–H groups in total. The first kappa shape index (κ1) is 16.3. The molecule has 0 aliphatic heterocycles. The van der Waals surface area contributed by atoms with E-state index in [-0.39, 0.29) is 5.91 Å². The zero-order valence-electron chi connectivity index (χ0n) is 14.8. The fraction of sp³-hybridized carbons (Fsp3) is 0.158. The molecule has 3 heterocycles. The van der Waals surface area contributed by atoms with Crippen LogP contribution in [0.5, 0.6) is 0 Å². The van der Waals surface area contributed by atoms with Gasteiger partial charge in [0.2, 0.25) is 0 Å². The fourth-order valence-corrected chi connectivity index (χ4v) is 3.05. The third kappa shape index (κ3) is 3.13. The van der Waals surface area contributed by atoms with Crippen LogP contribution in [-0.4, -0.2) is 40.8 Å². The van der Waals surface area contributed by atoms with Gasteiger partial charge in [-0.3, -0.25) is 14.9 Å². The molecule has 1 aliphatic rings. The van der Waals surface area contributed by atoms with E-state index in [0.29, 0.717) is 23.2 Å². The normalized spacial score (nSPS) is 13.4. The van der Waals surface area contributed by atoms with Crippen molar-refractivity contribution in [3.63, 3.8) is 0 Å². The van der Waals surface area contributed by atoms with Crippen molar-refractivity contribution in [1.82, 2.24) is 34.9 Å². The molecule has 1 amide bonds. The fourth-order valence-electron chi connectivity index (χ4n) is 3.05. The number of amides is 1. The van der Waals surface area contributed by atoms with Crippen LogP contribution in [0.1, 0.15) is 29.4 Å². The van der Waals surface area contributed by atoms with Crippen LogP contribution in [-0.2, 0) is 0 Å². The third-order valence-electron chi connectivity index (χ3n) is 4.57. The van der Waals surface area contributed by atoms with Crippen LogP contribution in [0.2, 0.25) is 0 Å². The third-order valence-corrected chi connectivity index (χ3v) is 4.57. The number of nitrogens with one attached hydrogen (secondary N) is 2. The van der Waals surface area contributed by atoms with Crippen molar-refractivity contribution in [3.05, 3.63) is 60.9 Å². The molecule has 0 unspecified atom stereocenters. The maximum Gasteiger partial charge on any atom is 0.274 e. The monoisotopic (exact) mass is 372 g/mol. The van der Waals surface area contributed by atoms with E-state index >= 15 is 0 Å². The zero-order valence-corrected chi connectivity index (χ0v) is 14.8. The smallest absolute Gasteiger partial charge is 0.274 e. The lowest BCUT2D eigenvalue weighted by molar-refractivity contribution is 0.102. The Morgan fingerprint density at radius 1 is 1.14 bits per heavy atom. The summed E-state index contributed by atoms with van der Waals surface area (Å²) in [4.78, 5) is 20.9. The van der Waals surface area contributed by atoms with Crippen LogP contribution in [0.3, 0.4) is 0 Å². The standard InChI is InChI=1S/C19H16N8O/c28-19(16-9-12(6-7-20-16)17-21-10-22-25-17)24-14-3-1-2-13(8-14)18-26-23-11-27(18)15-4-5-15/h1-3,6-11,15H,4-5H2,(H,24,28)(H,21,22,25). The molecule has 9 nitrogen and oxygen atoms in total. The van der Waals surface area contributed by atoms with Crippen molar-refractivity contribution in [2.75, 3.05) is 5.32 Å². The van der Waals surface area contributed by atoms with Gasteiger partial charge in [0.05, 0.1) is 0 Å². The molecule has 1 saturated carbocycles. The predicted octanol–water partition coefficient (Wildman–Crippen LogP) is 2.71. The molecule has 5 rings (SSSR count). The van der Waals surface area contributed by atoms with E-state index in [1.807, 2.05) is 24.3 Å². The summed E-state index contributed by atoms with van der Waals surface area (Å²) in [5.74, 6) is 1.09. The second-order valence-corrected chi connectivity index (χ2v) is 6.59. The number of hydrogen-bond acceptors (Lipinski definition) is 6. The van der Waals surface area contributed by atoms with Gasteiger partial charge in [-0.05, 0) is 37.1 Å². The molecule has 0 bridgehead atoms. The van der Waals surface area contributed by atoms with E-state index in [9.17, 15) is 4.79 Å². The van der Waals surface area contributed by atoms with Gasteiger partial charge < -0.3 is 9.88 Å². The Kier molecular flexibility index (Phi) is 3.90. The molecular formula is C19H16N8O. The summed E-state index contributed by atoms with van der Waals surface area (Å²) >= 11 is 0. The Labute approximate surface area is 159 Å². The van der Waals surface area contributed by atoms with Crippen molar-refractivity contribution >= 4 is 11.6 Å². The topological polar surface area (TPSA) is 114 Å². The average molecular weight is 372 g/mol. The number of anilines is 1. The summed E-state index contributed by atoms with van der Waals surface area (Å²) in [7, 11) is 0. The van der Waals surface area contributed by atoms with Crippen LogP contribution in [0.25, 0.3) is 22.8 Å². The number of pyridine rings is 1. The number of benzene rings is 1. The SMILES string of the molecule is O=C(Nc1cccc(-c2nncn2C2CC2)c1)c1cc(-c2ncn[nH]2)ccn1. The van der Waals surface area contributed by atoms with Gasteiger partial charge in [-0.15, -0.1) is 10.2 Å². The first-order valence-corrected chi connectivity index (χ1v) is 8.91. The Hall–Kier alpha value is -3.88. The molecule has 0 radical (unpaired) electrons.